The smallest absolute Gasteiger partial charge is 0.319 e. The van der Waals surface area contributed by atoms with Gasteiger partial charge < -0.3 is 5.11 Å². The van der Waals surface area contributed by atoms with Crippen molar-refractivity contribution in [1.29, 1.82) is 0 Å². The Morgan fingerprint density at radius 3 is 2.52 bits per heavy atom. The number of carboxylic acid groups (broad SMARTS) is 1. The summed E-state index contributed by atoms with van der Waals surface area (Å²) in [6.45, 7) is 5.57. The van der Waals surface area contributed by atoms with Crippen molar-refractivity contribution in [3.63, 3.8) is 0 Å². The molecule has 0 fully saturated rings. The maximum atomic E-state index is 11.5. The third-order valence-corrected chi connectivity index (χ3v) is 5.66. The van der Waals surface area contributed by atoms with E-state index in [0.717, 1.165) is 16.9 Å². The van der Waals surface area contributed by atoms with Crippen LogP contribution < -0.4 is 0 Å². The Labute approximate surface area is 152 Å². The third-order valence-electron chi connectivity index (χ3n) is 4.35. The number of aryl methyl sites for hydroxylation is 1. The minimum atomic E-state index is -0.883. The van der Waals surface area contributed by atoms with E-state index in [1.165, 1.54) is 33.7 Å². The Morgan fingerprint density at radius 1 is 1.08 bits per heavy atom. The fourth-order valence-electron chi connectivity index (χ4n) is 2.84. The standard InChI is InChI=1S/C21H21NO2S/c1-14-8-9-15(18-7-5-4-6-17(14)18)12-16-13-22-11-10-19(16)25-21(2,3)20(23)24/h4-11,13H,12H2,1-3H3,(H,23,24). The Hall–Kier alpha value is -2.33. The van der Waals surface area contributed by atoms with Gasteiger partial charge in [0.1, 0.15) is 4.75 Å². The van der Waals surface area contributed by atoms with Gasteiger partial charge in [-0.1, -0.05) is 36.4 Å². The summed E-state index contributed by atoms with van der Waals surface area (Å²) in [5, 5.41) is 11.9. The largest absolute Gasteiger partial charge is 0.480 e. The molecule has 1 heterocycles. The lowest BCUT2D eigenvalue weighted by Crippen LogP contribution is -2.27. The van der Waals surface area contributed by atoms with Crippen molar-refractivity contribution in [2.24, 2.45) is 0 Å². The van der Waals surface area contributed by atoms with Crippen molar-refractivity contribution < 1.29 is 9.90 Å². The molecule has 3 rings (SSSR count). The number of carboxylic acids is 1. The number of nitrogens with zero attached hydrogens (tertiary/aromatic N) is 1. The van der Waals surface area contributed by atoms with Gasteiger partial charge >= 0.3 is 5.97 Å². The molecule has 0 bridgehead atoms. The second kappa shape index (κ2) is 6.89. The average Bonchev–Trinajstić information content (AvgIpc) is 2.59. The lowest BCUT2D eigenvalue weighted by molar-refractivity contribution is -0.138. The number of aliphatic carboxylic acids is 1. The first-order chi connectivity index (χ1) is 11.9. The normalized spacial score (nSPS) is 11.6. The summed E-state index contributed by atoms with van der Waals surface area (Å²) in [6.07, 6.45) is 4.29. The van der Waals surface area contributed by atoms with E-state index < -0.39 is 10.7 Å². The molecule has 25 heavy (non-hydrogen) atoms. The van der Waals surface area contributed by atoms with Gasteiger partial charge in [0.25, 0.3) is 0 Å². The molecule has 2 aromatic carbocycles. The van der Waals surface area contributed by atoms with Crippen LogP contribution in [-0.4, -0.2) is 20.8 Å². The third kappa shape index (κ3) is 3.69. The number of rotatable bonds is 5. The first-order valence-corrected chi connectivity index (χ1v) is 9.02. The number of hydrogen-bond donors (Lipinski definition) is 1. The van der Waals surface area contributed by atoms with Crippen molar-refractivity contribution in [2.45, 2.75) is 36.8 Å². The predicted octanol–water partition coefficient (Wildman–Crippen LogP) is 5.09. The minimum Gasteiger partial charge on any atom is -0.480 e. The molecule has 3 nitrogen and oxygen atoms in total. The maximum Gasteiger partial charge on any atom is 0.319 e. The molecule has 3 aromatic rings. The van der Waals surface area contributed by atoms with E-state index in [9.17, 15) is 9.90 Å². The van der Waals surface area contributed by atoms with Crippen LogP contribution >= 0.6 is 11.8 Å². The van der Waals surface area contributed by atoms with E-state index in [1.54, 1.807) is 20.0 Å². The monoisotopic (exact) mass is 351 g/mol. The van der Waals surface area contributed by atoms with Crippen LogP contribution in [0.5, 0.6) is 0 Å². The number of thioether (sulfide) groups is 1. The van der Waals surface area contributed by atoms with Crippen LogP contribution in [0, 0.1) is 6.92 Å². The molecular formula is C21H21NO2S. The van der Waals surface area contributed by atoms with Crippen LogP contribution in [-0.2, 0) is 11.2 Å². The van der Waals surface area contributed by atoms with Crippen LogP contribution in [0.3, 0.4) is 0 Å². The highest BCUT2D eigenvalue weighted by molar-refractivity contribution is 8.01. The summed E-state index contributed by atoms with van der Waals surface area (Å²) in [4.78, 5) is 16.7. The van der Waals surface area contributed by atoms with Crippen molar-refractivity contribution in [3.05, 3.63) is 71.5 Å². The average molecular weight is 351 g/mol. The molecule has 0 amide bonds. The number of benzene rings is 2. The number of fused-ring (bicyclic) bond motifs is 1. The molecule has 0 aliphatic carbocycles. The predicted molar refractivity (Wildman–Crippen MR) is 103 cm³/mol. The zero-order chi connectivity index (χ0) is 18.0. The second-order valence-corrected chi connectivity index (χ2v) is 8.33. The summed E-state index contributed by atoms with van der Waals surface area (Å²) in [5.74, 6) is -0.818. The lowest BCUT2D eigenvalue weighted by atomic mass is 9.96. The maximum absolute atomic E-state index is 11.5. The zero-order valence-electron chi connectivity index (χ0n) is 14.6. The van der Waals surface area contributed by atoms with Crippen LogP contribution in [0.2, 0.25) is 0 Å². The van der Waals surface area contributed by atoms with Gasteiger partial charge in [0, 0.05) is 23.7 Å². The molecule has 0 radical (unpaired) electrons. The molecule has 1 aromatic heterocycles. The molecule has 0 aliphatic heterocycles. The molecule has 0 spiro atoms. The van der Waals surface area contributed by atoms with Gasteiger partial charge in [0.2, 0.25) is 0 Å². The van der Waals surface area contributed by atoms with Gasteiger partial charge in [-0.15, -0.1) is 11.8 Å². The summed E-state index contributed by atoms with van der Waals surface area (Å²) < 4.78 is -0.883. The van der Waals surface area contributed by atoms with Crippen molar-refractivity contribution >= 4 is 28.5 Å². The molecule has 0 unspecified atom stereocenters. The van der Waals surface area contributed by atoms with Crippen LogP contribution in [0.1, 0.15) is 30.5 Å². The van der Waals surface area contributed by atoms with Crippen molar-refractivity contribution in [3.8, 4) is 0 Å². The van der Waals surface area contributed by atoms with Gasteiger partial charge in [-0.25, -0.2) is 0 Å². The Balaban J connectivity index is 2.00. The fraction of sp³-hybridized carbons (Fsp3) is 0.238. The lowest BCUT2D eigenvalue weighted by Gasteiger charge is -2.20. The minimum absolute atomic E-state index is 0.729. The molecule has 4 heteroatoms. The fourth-order valence-corrected chi connectivity index (χ4v) is 3.86. The van der Waals surface area contributed by atoms with E-state index in [0.29, 0.717) is 0 Å². The Kier molecular flexibility index (Phi) is 4.82. The highest BCUT2D eigenvalue weighted by Crippen LogP contribution is 2.36. The van der Waals surface area contributed by atoms with Gasteiger partial charge in [0.05, 0.1) is 0 Å². The van der Waals surface area contributed by atoms with E-state index in [-0.39, 0.29) is 0 Å². The quantitative estimate of drug-likeness (QED) is 0.651. The van der Waals surface area contributed by atoms with Crippen LogP contribution in [0.25, 0.3) is 10.8 Å². The number of hydrogen-bond acceptors (Lipinski definition) is 3. The molecule has 0 atom stereocenters. The molecule has 0 saturated heterocycles. The summed E-state index contributed by atoms with van der Waals surface area (Å²) in [7, 11) is 0. The topological polar surface area (TPSA) is 50.2 Å². The highest BCUT2D eigenvalue weighted by atomic mass is 32.2. The Bertz CT molecular complexity index is 934. The van der Waals surface area contributed by atoms with E-state index in [2.05, 4.69) is 48.3 Å². The number of aromatic nitrogens is 1. The molecule has 128 valence electrons. The second-order valence-electron chi connectivity index (χ2n) is 6.66. The van der Waals surface area contributed by atoms with Crippen LogP contribution in [0.4, 0.5) is 0 Å². The first kappa shape index (κ1) is 17.5. The summed E-state index contributed by atoms with van der Waals surface area (Å²) >= 11 is 1.37. The highest BCUT2D eigenvalue weighted by Gasteiger charge is 2.29. The van der Waals surface area contributed by atoms with Gasteiger partial charge in [-0.2, -0.15) is 0 Å². The number of carbonyl (C=O) groups is 1. The molecule has 0 aliphatic rings. The molecular weight excluding hydrogens is 330 g/mol. The van der Waals surface area contributed by atoms with Gasteiger partial charge in [0.15, 0.2) is 0 Å². The van der Waals surface area contributed by atoms with Crippen molar-refractivity contribution in [2.75, 3.05) is 0 Å². The van der Waals surface area contributed by atoms with Crippen molar-refractivity contribution in [1.82, 2.24) is 4.98 Å². The summed E-state index contributed by atoms with van der Waals surface area (Å²) in [5.41, 5.74) is 3.53. The Morgan fingerprint density at radius 2 is 1.80 bits per heavy atom. The van der Waals surface area contributed by atoms with Gasteiger partial charge in [-0.05, 0) is 54.3 Å². The summed E-state index contributed by atoms with van der Waals surface area (Å²) in [6, 6.07) is 14.6. The van der Waals surface area contributed by atoms with Gasteiger partial charge in [-0.3, -0.25) is 9.78 Å². The van der Waals surface area contributed by atoms with E-state index in [4.69, 9.17) is 0 Å². The van der Waals surface area contributed by atoms with E-state index in [1.807, 2.05) is 12.3 Å². The molecule has 0 saturated carbocycles. The molecule has 1 N–H and O–H groups in total. The SMILES string of the molecule is Cc1ccc(Cc2cnccc2SC(C)(C)C(=O)O)c2ccccc12. The number of pyridine rings is 1. The van der Waals surface area contributed by atoms with Crippen LogP contribution in [0.15, 0.2) is 59.8 Å². The van der Waals surface area contributed by atoms with E-state index >= 15 is 0 Å². The first-order valence-electron chi connectivity index (χ1n) is 8.21. The zero-order valence-corrected chi connectivity index (χ0v) is 15.4.